The Bertz CT molecular complexity index is 737. The van der Waals surface area contributed by atoms with Crippen molar-refractivity contribution in [2.45, 2.75) is 6.54 Å². The number of nitrogens with one attached hydrogen (secondary N) is 2. The molecule has 0 saturated carbocycles. The van der Waals surface area contributed by atoms with E-state index < -0.39 is 0 Å². The van der Waals surface area contributed by atoms with Crippen LogP contribution in [0.25, 0.3) is 10.9 Å². The number of para-hydroxylation sites is 1. The topological polar surface area (TPSA) is 70.2 Å². The van der Waals surface area contributed by atoms with Crippen LogP contribution in [0.1, 0.15) is 5.56 Å². The van der Waals surface area contributed by atoms with E-state index in [2.05, 4.69) is 15.5 Å². The molecule has 102 valence electrons. The molecule has 0 bridgehead atoms. The number of methoxy groups -OCH3 is 1. The van der Waals surface area contributed by atoms with Crippen molar-refractivity contribution in [2.24, 2.45) is 0 Å². The molecule has 1 aromatic heterocycles. The van der Waals surface area contributed by atoms with Crippen molar-refractivity contribution in [1.29, 1.82) is 0 Å². The second kappa shape index (κ2) is 5.13. The van der Waals surface area contributed by atoms with Crippen LogP contribution in [0.4, 0.5) is 5.69 Å². The molecule has 3 aromatic rings. The number of nitrogens with zero attached hydrogens (tertiary/aromatic N) is 1. The van der Waals surface area contributed by atoms with Crippen LogP contribution in [0.5, 0.6) is 11.5 Å². The van der Waals surface area contributed by atoms with E-state index in [-0.39, 0.29) is 5.75 Å². The number of phenolic OH excluding ortho intramolecular Hbond substituents is 1. The van der Waals surface area contributed by atoms with Gasteiger partial charge in [0.15, 0.2) is 11.5 Å². The molecular weight excluding hydrogens is 254 g/mol. The van der Waals surface area contributed by atoms with E-state index >= 15 is 0 Å². The number of ether oxygens (including phenoxy) is 1. The van der Waals surface area contributed by atoms with Gasteiger partial charge in [-0.1, -0.05) is 12.1 Å². The monoisotopic (exact) mass is 269 g/mol. The highest BCUT2D eigenvalue weighted by atomic mass is 16.5. The quantitative estimate of drug-likeness (QED) is 0.681. The Morgan fingerprint density at radius 2 is 2.20 bits per heavy atom. The first-order chi connectivity index (χ1) is 9.78. The molecule has 0 atom stereocenters. The van der Waals surface area contributed by atoms with Gasteiger partial charge in [0.05, 0.1) is 18.8 Å². The summed E-state index contributed by atoms with van der Waals surface area (Å²) < 4.78 is 5.09. The van der Waals surface area contributed by atoms with Crippen molar-refractivity contribution in [3.05, 3.63) is 48.2 Å². The number of benzene rings is 2. The minimum absolute atomic E-state index is 0.171. The lowest BCUT2D eigenvalue weighted by Gasteiger charge is -2.10. The average molecular weight is 269 g/mol. The standard InChI is InChI=1S/C15H15N3O2/c1-20-14-4-2-3-11(15(14)19)8-16-12-6-5-10-9-17-18-13(10)7-12/h2-7,9,16,19H,8H2,1H3,(H,17,18). The molecule has 5 nitrogen and oxygen atoms in total. The van der Waals surface area contributed by atoms with E-state index in [4.69, 9.17) is 4.74 Å². The Kier molecular flexibility index (Phi) is 3.16. The molecule has 0 saturated heterocycles. The zero-order valence-electron chi connectivity index (χ0n) is 11.1. The van der Waals surface area contributed by atoms with E-state index in [1.165, 1.54) is 0 Å². The van der Waals surface area contributed by atoms with Gasteiger partial charge in [-0.3, -0.25) is 5.10 Å². The third kappa shape index (κ3) is 2.25. The van der Waals surface area contributed by atoms with Crippen molar-refractivity contribution in [2.75, 3.05) is 12.4 Å². The van der Waals surface area contributed by atoms with Gasteiger partial charge in [0.25, 0.3) is 0 Å². The maximum Gasteiger partial charge on any atom is 0.162 e. The fourth-order valence-electron chi connectivity index (χ4n) is 2.12. The third-order valence-corrected chi connectivity index (χ3v) is 3.23. The normalized spacial score (nSPS) is 10.7. The highest BCUT2D eigenvalue weighted by Gasteiger charge is 2.07. The first-order valence-corrected chi connectivity index (χ1v) is 6.30. The van der Waals surface area contributed by atoms with Crippen LogP contribution in [0, 0.1) is 0 Å². The molecule has 2 aromatic carbocycles. The summed E-state index contributed by atoms with van der Waals surface area (Å²) in [4.78, 5) is 0. The number of hydrogen-bond acceptors (Lipinski definition) is 4. The van der Waals surface area contributed by atoms with Crippen LogP contribution in [0.3, 0.4) is 0 Å². The van der Waals surface area contributed by atoms with Crippen molar-refractivity contribution in [1.82, 2.24) is 10.2 Å². The van der Waals surface area contributed by atoms with Crippen LogP contribution in [0.15, 0.2) is 42.6 Å². The number of aromatic amines is 1. The largest absolute Gasteiger partial charge is 0.504 e. The Morgan fingerprint density at radius 1 is 1.30 bits per heavy atom. The number of anilines is 1. The fourth-order valence-corrected chi connectivity index (χ4v) is 2.12. The first-order valence-electron chi connectivity index (χ1n) is 6.30. The maximum atomic E-state index is 10.0. The zero-order chi connectivity index (χ0) is 13.9. The molecule has 3 N–H and O–H groups in total. The van der Waals surface area contributed by atoms with Gasteiger partial charge in [-0.15, -0.1) is 0 Å². The fraction of sp³-hybridized carbons (Fsp3) is 0.133. The van der Waals surface area contributed by atoms with Crippen LogP contribution < -0.4 is 10.1 Å². The van der Waals surface area contributed by atoms with Gasteiger partial charge in [-0.2, -0.15) is 5.10 Å². The smallest absolute Gasteiger partial charge is 0.162 e. The van der Waals surface area contributed by atoms with Gasteiger partial charge >= 0.3 is 0 Å². The summed E-state index contributed by atoms with van der Waals surface area (Å²) in [6.07, 6.45) is 1.78. The van der Waals surface area contributed by atoms with Gasteiger partial charge < -0.3 is 15.2 Å². The molecule has 20 heavy (non-hydrogen) atoms. The Balaban J connectivity index is 1.79. The van der Waals surface area contributed by atoms with Crippen molar-refractivity contribution < 1.29 is 9.84 Å². The number of aromatic hydroxyl groups is 1. The third-order valence-electron chi connectivity index (χ3n) is 3.23. The summed E-state index contributed by atoms with van der Waals surface area (Å²) in [5, 5.41) is 21.3. The van der Waals surface area contributed by atoms with Gasteiger partial charge in [-0.05, 0) is 24.3 Å². The van der Waals surface area contributed by atoms with Crippen LogP contribution in [-0.2, 0) is 6.54 Å². The summed E-state index contributed by atoms with van der Waals surface area (Å²) >= 11 is 0. The molecule has 0 aliphatic carbocycles. The molecule has 0 fully saturated rings. The second-order valence-electron chi connectivity index (χ2n) is 4.49. The van der Waals surface area contributed by atoms with E-state index in [1.54, 1.807) is 19.4 Å². The summed E-state index contributed by atoms with van der Waals surface area (Å²) in [6.45, 7) is 0.517. The van der Waals surface area contributed by atoms with E-state index in [9.17, 15) is 5.11 Å². The molecule has 3 rings (SSSR count). The molecule has 0 unspecified atom stereocenters. The summed E-state index contributed by atoms with van der Waals surface area (Å²) in [5.74, 6) is 0.651. The second-order valence-corrected chi connectivity index (χ2v) is 4.49. The average Bonchev–Trinajstić information content (AvgIpc) is 2.93. The molecular formula is C15H15N3O2. The number of phenols is 1. The molecule has 1 heterocycles. The lowest BCUT2D eigenvalue weighted by molar-refractivity contribution is 0.371. The summed E-state index contributed by atoms with van der Waals surface area (Å²) in [5.41, 5.74) is 2.72. The maximum absolute atomic E-state index is 10.0. The molecule has 5 heteroatoms. The Morgan fingerprint density at radius 3 is 3.05 bits per heavy atom. The van der Waals surface area contributed by atoms with Crippen LogP contribution in [-0.4, -0.2) is 22.4 Å². The first kappa shape index (κ1) is 12.3. The van der Waals surface area contributed by atoms with Gasteiger partial charge in [0, 0.05) is 23.2 Å². The van der Waals surface area contributed by atoms with E-state index in [0.29, 0.717) is 12.3 Å². The number of fused-ring (bicyclic) bond motifs is 1. The van der Waals surface area contributed by atoms with E-state index in [0.717, 1.165) is 22.2 Å². The van der Waals surface area contributed by atoms with Gasteiger partial charge in [0.2, 0.25) is 0 Å². The predicted octanol–water partition coefficient (Wildman–Crippen LogP) is 2.89. The molecule has 0 aliphatic rings. The Labute approximate surface area is 116 Å². The van der Waals surface area contributed by atoms with Crippen molar-refractivity contribution in [3.63, 3.8) is 0 Å². The number of H-pyrrole nitrogens is 1. The number of aromatic nitrogens is 2. The van der Waals surface area contributed by atoms with Gasteiger partial charge in [-0.25, -0.2) is 0 Å². The van der Waals surface area contributed by atoms with Gasteiger partial charge in [0.1, 0.15) is 0 Å². The van der Waals surface area contributed by atoms with Crippen molar-refractivity contribution in [3.8, 4) is 11.5 Å². The predicted molar refractivity (Wildman–Crippen MR) is 78.1 cm³/mol. The minimum atomic E-state index is 0.171. The Hall–Kier alpha value is -2.69. The SMILES string of the molecule is COc1cccc(CNc2ccc3cn[nH]c3c2)c1O. The highest BCUT2D eigenvalue weighted by molar-refractivity contribution is 5.81. The number of hydrogen-bond donors (Lipinski definition) is 3. The highest BCUT2D eigenvalue weighted by Crippen LogP contribution is 2.30. The van der Waals surface area contributed by atoms with Crippen LogP contribution >= 0.6 is 0 Å². The lowest BCUT2D eigenvalue weighted by Crippen LogP contribution is -2.00. The molecule has 0 amide bonds. The van der Waals surface area contributed by atoms with E-state index in [1.807, 2.05) is 30.3 Å². The number of rotatable bonds is 4. The molecule has 0 spiro atoms. The molecule has 0 radical (unpaired) electrons. The molecule has 0 aliphatic heterocycles. The van der Waals surface area contributed by atoms with Crippen LogP contribution in [0.2, 0.25) is 0 Å². The van der Waals surface area contributed by atoms with Crippen molar-refractivity contribution >= 4 is 16.6 Å². The minimum Gasteiger partial charge on any atom is -0.504 e. The summed E-state index contributed by atoms with van der Waals surface area (Å²) in [7, 11) is 1.54. The summed E-state index contributed by atoms with van der Waals surface area (Å²) in [6, 6.07) is 11.4. The zero-order valence-corrected chi connectivity index (χ0v) is 11.1. The lowest BCUT2D eigenvalue weighted by atomic mass is 10.1.